The molecule has 0 aliphatic rings. The molecule has 2 aromatic rings. The second-order valence-corrected chi connectivity index (χ2v) is 4.21. The van der Waals surface area contributed by atoms with E-state index in [4.69, 9.17) is 4.74 Å². The van der Waals surface area contributed by atoms with Gasteiger partial charge in [0, 0.05) is 12.4 Å². The lowest BCUT2D eigenvalue weighted by Crippen LogP contribution is -2.22. The van der Waals surface area contributed by atoms with Crippen molar-refractivity contribution in [3.05, 3.63) is 54.6 Å². The molecular formula is C14H16N2O2. The first-order chi connectivity index (χ1) is 8.77. The number of hydrogen-bond acceptors (Lipinski definition) is 3. The fraction of sp³-hybridized carbons (Fsp3) is 0.286. The largest absolute Gasteiger partial charge is 0.376 e. The lowest BCUT2D eigenvalue weighted by Gasteiger charge is -2.11. The summed E-state index contributed by atoms with van der Waals surface area (Å²) in [5.74, 6) is -0.177. The van der Waals surface area contributed by atoms with E-state index >= 15 is 0 Å². The zero-order chi connectivity index (χ0) is 12.8. The van der Waals surface area contributed by atoms with Gasteiger partial charge in [0.05, 0.1) is 19.1 Å². The first-order valence-electron chi connectivity index (χ1n) is 5.91. The summed E-state index contributed by atoms with van der Waals surface area (Å²) >= 11 is 0. The van der Waals surface area contributed by atoms with Gasteiger partial charge in [0.15, 0.2) is 0 Å². The zero-order valence-electron chi connectivity index (χ0n) is 10.3. The Morgan fingerprint density at radius 2 is 2.17 bits per heavy atom. The summed E-state index contributed by atoms with van der Waals surface area (Å²) in [5.41, 5.74) is 1.11. The van der Waals surface area contributed by atoms with E-state index in [0.717, 1.165) is 5.56 Å². The van der Waals surface area contributed by atoms with Crippen molar-refractivity contribution in [2.24, 2.45) is 5.92 Å². The van der Waals surface area contributed by atoms with E-state index < -0.39 is 0 Å². The first-order valence-corrected chi connectivity index (χ1v) is 5.91. The van der Waals surface area contributed by atoms with Gasteiger partial charge in [0.2, 0.25) is 5.91 Å². The van der Waals surface area contributed by atoms with Crippen LogP contribution in [0.1, 0.15) is 17.3 Å². The van der Waals surface area contributed by atoms with Gasteiger partial charge in [-0.15, -0.1) is 0 Å². The Morgan fingerprint density at radius 1 is 1.39 bits per heavy atom. The Kier molecular flexibility index (Phi) is 4.25. The smallest absolute Gasteiger partial charge is 0.236 e. The minimum Gasteiger partial charge on any atom is -0.376 e. The summed E-state index contributed by atoms with van der Waals surface area (Å²) in [6.07, 6.45) is 4.75. The van der Waals surface area contributed by atoms with Crippen LogP contribution < -0.4 is 0 Å². The zero-order valence-corrected chi connectivity index (χ0v) is 10.3. The molecule has 0 saturated heterocycles. The quantitative estimate of drug-likeness (QED) is 0.811. The first kappa shape index (κ1) is 12.5. The highest BCUT2D eigenvalue weighted by molar-refractivity contribution is 5.80. The molecule has 0 saturated carbocycles. The molecule has 94 valence electrons. The van der Waals surface area contributed by atoms with Crippen LogP contribution in [0.4, 0.5) is 0 Å². The molecule has 1 heterocycles. The average Bonchev–Trinajstić information content (AvgIpc) is 2.93. The molecule has 0 aliphatic heterocycles. The van der Waals surface area contributed by atoms with Gasteiger partial charge in [-0.1, -0.05) is 37.3 Å². The fourth-order valence-electron chi connectivity index (χ4n) is 1.64. The van der Waals surface area contributed by atoms with Crippen LogP contribution in [-0.4, -0.2) is 22.1 Å². The highest BCUT2D eigenvalue weighted by Gasteiger charge is 2.14. The maximum atomic E-state index is 11.9. The normalized spacial score (nSPS) is 12.3. The molecule has 1 aromatic carbocycles. The van der Waals surface area contributed by atoms with E-state index in [-0.39, 0.29) is 11.8 Å². The second-order valence-electron chi connectivity index (χ2n) is 4.21. The fourth-order valence-corrected chi connectivity index (χ4v) is 1.64. The van der Waals surface area contributed by atoms with Crippen LogP contribution in [-0.2, 0) is 11.3 Å². The van der Waals surface area contributed by atoms with Crippen molar-refractivity contribution >= 4 is 5.91 Å². The number of ether oxygens (including phenoxy) is 1. The van der Waals surface area contributed by atoms with E-state index in [1.54, 1.807) is 12.4 Å². The van der Waals surface area contributed by atoms with Crippen LogP contribution in [0.2, 0.25) is 0 Å². The minimum absolute atomic E-state index is 0.000520. The van der Waals surface area contributed by atoms with Gasteiger partial charge in [-0.25, -0.2) is 4.98 Å². The van der Waals surface area contributed by atoms with E-state index in [2.05, 4.69) is 4.98 Å². The third-order valence-electron chi connectivity index (χ3n) is 2.66. The summed E-state index contributed by atoms with van der Waals surface area (Å²) in [7, 11) is 0. The van der Waals surface area contributed by atoms with Gasteiger partial charge in [-0.05, 0) is 5.56 Å². The third-order valence-corrected chi connectivity index (χ3v) is 2.66. The van der Waals surface area contributed by atoms with Gasteiger partial charge < -0.3 is 4.74 Å². The summed E-state index contributed by atoms with van der Waals surface area (Å²) in [6, 6.07) is 9.91. The molecule has 1 atom stereocenters. The molecule has 0 bridgehead atoms. The molecule has 0 spiro atoms. The molecule has 0 N–H and O–H groups in total. The number of imidazole rings is 1. The Morgan fingerprint density at radius 3 is 2.83 bits per heavy atom. The minimum atomic E-state index is -0.178. The van der Waals surface area contributed by atoms with Crippen molar-refractivity contribution < 1.29 is 9.53 Å². The number of aromatic nitrogens is 2. The SMILES string of the molecule is C[C@@H](COCc1ccccc1)C(=O)n1ccnc1. The van der Waals surface area contributed by atoms with Gasteiger partial charge in [-0.2, -0.15) is 0 Å². The van der Waals surface area contributed by atoms with Gasteiger partial charge in [-0.3, -0.25) is 9.36 Å². The average molecular weight is 244 g/mol. The highest BCUT2D eigenvalue weighted by atomic mass is 16.5. The summed E-state index contributed by atoms with van der Waals surface area (Å²) in [5, 5.41) is 0. The van der Waals surface area contributed by atoms with Crippen LogP contribution in [0.25, 0.3) is 0 Å². The lowest BCUT2D eigenvalue weighted by atomic mass is 10.2. The topological polar surface area (TPSA) is 44.1 Å². The number of hydrogen-bond donors (Lipinski definition) is 0. The molecule has 0 aliphatic carbocycles. The Labute approximate surface area is 106 Å². The molecule has 18 heavy (non-hydrogen) atoms. The van der Waals surface area contributed by atoms with Crippen molar-refractivity contribution in [3.63, 3.8) is 0 Å². The van der Waals surface area contributed by atoms with Gasteiger partial charge in [0.25, 0.3) is 0 Å². The molecule has 1 aromatic heterocycles. The molecule has 0 amide bonds. The maximum Gasteiger partial charge on any atom is 0.236 e. The van der Waals surface area contributed by atoms with Gasteiger partial charge >= 0.3 is 0 Å². The van der Waals surface area contributed by atoms with Crippen molar-refractivity contribution in [1.29, 1.82) is 0 Å². The molecule has 0 fully saturated rings. The maximum absolute atomic E-state index is 11.9. The molecule has 0 unspecified atom stereocenters. The van der Waals surface area contributed by atoms with Crippen LogP contribution in [0.3, 0.4) is 0 Å². The second kappa shape index (κ2) is 6.12. The summed E-state index contributed by atoms with van der Waals surface area (Å²) < 4.78 is 7.03. The standard InChI is InChI=1S/C14H16N2O2/c1-12(14(17)16-8-7-15-11-16)9-18-10-13-5-3-2-4-6-13/h2-8,11-12H,9-10H2,1H3/t12-/m0/s1. The third kappa shape index (κ3) is 3.28. The van der Waals surface area contributed by atoms with Crippen LogP contribution in [0.15, 0.2) is 49.1 Å². The Bertz CT molecular complexity index is 480. The van der Waals surface area contributed by atoms with Crippen LogP contribution >= 0.6 is 0 Å². The van der Waals surface area contributed by atoms with E-state index in [0.29, 0.717) is 13.2 Å². The monoisotopic (exact) mass is 244 g/mol. The van der Waals surface area contributed by atoms with Crippen molar-refractivity contribution in [2.45, 2.75) is 13.5 Å². The molecule has 4 nitrogen and oxygen atoms in total. The van der Waals surface area contributed by atoms with Gasteiger partial charge in [0.1, 0.15) is 6.33 Å². The summed E-state index contributed by atoms with van der Waals surface area (Å²) in [4.78, 5) is 15.7. The Hall–Kier alpha value is -1.94. The number of benzene rings is 1. The molecular weight excluding hydrogens is 228 g/mol. The van der Waals surface area contributed by atoms with E-state index in [9.17, 15) is 4.79 Å². The molecule has 2 rings (SSSR count). The van der Waals surface area contributed by atoms with Crippen molar-refractivity contribution in [2.75, 3.05) is 6.61 Å². The highest BCUT2D eigenvalue weighted by Crippen LogP contribution is 2.05. The van der Waals surface area contributed by atoms with Crippen LogP contribution in [0, 0.1) is 5.92 Å². The van der Waals surface area contributed by atoms with E-state index in [1.807, 2.05) is 37.3 Å². The predicted octanol–water partition coefficient (Wildman–Crippen LogP) is 2.38. The lowest BCUT2D eigenvalue weighted by molar-refractivity contribution is 0.0617. The number of carbonyl (C=O) groups excluding carboxylic acids is 1. The number of rotatable bonds is 5. The van der Waals surface area contributed by atoms with Crippen molar-refractivity contribution in [3.8, 4) is 0 Å². The predicted molar refractivity (Wildman–Crippen MR) is 68.1 cm³/mol. The summed E-state index contributed by atoms with van der Waals surface area (Å²) in [6.45, 7) is 2.79. The van der Waals surface area contributed by atoms with Crippen LogP contribution in [0.5, 0.6) is 0 Å². The molecule has 0 radical (unpaired) electrons. The van der Waals surface area contributed by atoms with Crippen molar-refractivity contribution in [1.82, 2.24) is 9.55 Å². The van der Waals surface area contributed by atoms with E-state index in [1.165, 1.54) is 10.9 Å². The molecule has 4 heteroatoms. The Balaban J connectivity index is 1.79. The number of nitrogens with zero attached hydrogens (tertiary/aromatic N) is 2. The number of carbonyl (C=O) groups is 1.